The highest BCUT2D eigenvalue weighted by molar-refractivity contribution is 5.95. The van der Waals surface area contributed by atoms with Gasteiger partial charge in [0.25, 0.3) is 6.43 Å². The number of piperazine rings is 1. The number of fused-ring (bicyclic) bond motifs is 2. The zero-order chi connectivity index (χ0) is 30.1. The van der Waals surface area contributed by atoms with Gasteiger partial charge in [0.15, 0.2) is 0 Å². The fraction of sp³-hybridized carbons (Fsp3) is 0.424. The van der Waals surface area contributed by atoms with E-state index < -0.39 is 6.43 Å². The number of anilines is 2. The van der Waals surface area contributed by atoms with Crippen LogP contribution >= 0.6 is 0 Å². The summed E-state index contributed by atoms with van der Waals surface area (Å²) in [6.45, 7) is 8.23. The molecule has 43 heavy (non-hydrogen) atoms. The van der Waals surface area contributed by atoms with Crippen molar-refractivity contribution in [1.82, 2.24) is 14.8 Å². The van der Waals surface area contributed by atoms with Gasteiger partial charge in [0.1, 0.15) is 18.2 Å². The number of alkyl halides is 2. The van der Waals surface area contributed by atoms with E-state index in [1.54, 1.807) is 17.0 Å². The van der Waals surface area contributed by atoms with Crippen LogP contribution in [0.5, 0.6) is 5.88 Å². The van der Waals surface area contributed by atoms with E-state index in [9.17, 15) is 18.8 Å². The first-order chi connectivity index (χ1) is 20.9. The van der Waals surface area contributed by atoms with Crippen molar-refractivity contribution in [3.8, 4) is 11.9 Å². The Balaban J connectivity index is 1.39. The first-order valence-corrected chi connectivity index (χ1v) is 14.9. The van der Waals surface area contributed by atoms with Gasteiger partial charge in [0.2, 0.25) is 11.8 Å². The van der Waals surface area contributed by atoms with Crippen molar-refractivity contribution < 1.29 is 18.3 Å². The largest absolute Gasteiger partial charge is 0.475 e. The van der Waals surface area contributed by atoms with Crippen molar-refractivity contribution in [2.24, 2.45) is 0 Å². The number of benzene rings is 2. The Morgan fingerprint density at radius 1 is 1.16 bits per heavy atom. The van der Waals surface area contributed by atoms with Gasteiger partial charge in [0.05, 0.1) is 17.9 Å². The van der Waals surface area contributed by atoms with E-state index in [2.05, 4.69) is 34.4 Å². The zero-order valence-electron chi connectivity index (χ0n) is 24.4. The van der Waals surface area contributed by atoms with Crippen molar-refractivity contribution in [2.45, 2.75) is 38.3 Å². The SMILES string of the molecule is C=CC(=O)N1CCN(c2c(C#N)c(OCC3CCCN3C)nc3c2CCN(c2cc(C(F)F)cc4ccccc24)C3)CC1. The topological polar surface area (TPSA) is 75.9 Å². The van der Waals surface area contributed by atoms with E-state index in [0.717, 1.165) is 52.8 Å². The summed E-state index contributed by atoms with van der Waals surface area (Å²) in [4.78, 5) is 25.5. The van der Waals surface area contributed by atoms with Gasteiger partial charge in [-0.05, 0) is 56.4 Å². The molecule has 8 nitrogen and oxygen atoms in total. The molecule has 3 aliphatic rings. The van der Waals surface area contributed by atoms with Crippen LogP contribution in [0.3, 0.4) is 0 Å². The lowest BCUT2D eigenvalue weighted by molar-refractivity contribution is -0.126. The van der Waals surface area contributed by atoms with Gasteiger partial charge < -0.3 is 24.3 Å². The molecule has 0 bridgehead atoms. The lowest BCUT2D eigenvalue weighted by Crippen LogP contribution is -2.49. The van der Waals surface area contributed by atoms with Crippen LogP contribution in [0.2, 0.25) is 0 Å². The molecule has 0 saturated carbocycles. The Bertz CT molecular complexity index is 1580. The molecule has 0 aliphatic carbocycles. The number of carbonyl (C=O) groups is 1. The van der Waals surface area contributed by atoms with Crippen LogP contribution in [0.15, 0.2) is 49.1 Å². The second kappa shape index (κ2) is 12.2. The number of amides is 1. The highest BCUT2D eigenvalue weighted by Crippen LogP contribution is 2.40. The fourth-order valence-electron chi connectivity index (χ4n) is 6.64. The number of likely N-dealkylation sites (tertiary alicyclic amines) is 1. The van der Waals surface area contributed by atoms with E-state index in [-0.39, 0.29) is 17.5 Å². The molecule has 0 N–H and O–H groups in total. The van der Waals surface area contributed by atoms with E-state index in [1.807, 2.05) is 24.3 Å². The summed E-state index contributed by atoms with van der Waals surface area (Å²) >= 11 is 0. The van der Waals surface area contributed by atoms with Crippen molar-refractivity contribution >= 4 is 28.1 Å². The van der Waals surface area contributed by atoms with Crippen LogP contribution in [0.1, 0.15) is 41.7 Å². The molecule has 6 rings (SSSR count). The average molecular weight is 587 g/mol. The molecule has 0 radical (unpaired) electrons. The number of hydrogen-bond acceptors (Lipinski definition) is 7. The van der Waals surface area contributed by atoms with Gasteiger partial charge in [-0.1, -0.05) is 30.8 Å². The molecule has 1 aromatic heterocycles. The Morgan fingerprint density at radius 3 is 2.65 bits per heavy atom. The minimum Gasteiger partial charge on any atom is -0.475 e. The highest BCUT2D eigenvalue weighted by atomic mass is 19.3. The maximum absolute atomic E-state index is 13.9. The predicted molar refractivity (Wildman–Crippen MR) is 163 cm³/mol. The number of nitriles is 1. The van der Waals surface area contributed by atoms with Crippen LogP contribution in [-0.2, 0) is 17.8 Å². The van der Waals surface area contributed by atoms with Crippen LogP contribution in [0, 0.1) is 11.3 Å². The van der Waals surface area contributed by atoms with Crippen LogP contribution in [-0.4, -0.2) is 79.7 Å². The number of carbonyl (C=O) groups excluding carboxylic acids is 1. The monoisotopic (exact) mass is 586 g/mol. The standard InChI is InChI=1S/C33H36F2N6O2/c1-3-30(42)39-13-15-40(16-14-39)31-26-10-12-41(29-18-23(32(34)35)17-22-7-4-5-9-25(22)29)20-28(26)37-33(27(31)19-36)43-21-24-8-6-11-38(24)2/h3-5,7,9,17-18,24,32H,1,6,8,10-16,20-21H2,2H3. The minimum absolute atomic E-state index is 0.00961. The third-order valence-corrected chi connectivity index (χ3v) is 9.03. The summed E-state index contributed by atoms with van der Waals surface area (Å²) in [6.07, 6.45) is 1.47. The van der Waals surface area contributed by atoms with E-state index >= 15 is 0 Å². The number of likely N-dealkylation sites (N-methyl/N-ethyl adjacent to an activating group) is 1. The molecule has 2 aromatic carbocycles. The van der Waals surface area contributed by atoms with Crippen molar-refractivity contribution in [3.05, 3.63) is 71.4 Å². The summed E-state index contributed by atoms with van der Waals surface area (Å²) in [6, 6.07) is 13.4. The summed E-state index contributed by atoms with van der Waals surface area (Å²) in [5, 5.41) is 12.1. The second-order valence-corrected chi connectivity index (χ2v) is 11.5. The number of nitrogens with zero attached hydrogens (tertiary/aromatic N) is 6. The van der Waals surface area contributed by atoms with E-state index in [4.69, 9.17) is 9.72 Å². The molecule has 3 aliphatic heterocycles. The second-order valence-electron chi connectivity index (χ2n) is 11.5. The Morgan fingerprint density at radius 2 is 1.95 bits per heavy atom. The molecule has 3 aromatic rings. The van der Waals surface area contributed by atoms with Gasteiger partial charge in [-0.3, -0.25) is 4.79 Å². The van der Waals surface area contributed by atoms with Gasteiger partial charge in [0, 0.05) is 61.0 Å². The number of ether oxygens (including phenoxy) is 1. The Kier molecular flexibility index (Phi) is 8.17. The van der Waals surface area contributed by atoms with E-state index in [1.165, 1.54) is 6.08 Å². The lowest BCUT2D eigenvalue weighted by Gasteiger charge is -2.39. The van der Waals surface area contributed by atoms with Crippen molar-refractivity contribution in [1.29, 1.82) is 5.26 Å². The molecule has 1 atom stereocenters. The maximum Gasteiger partial charge on any atom is 0.263 e. The minimum atomic E-state index is -2.58. The van der Waals surface area contributed by atoms with E-state index in [0.29, 0.717) is 63.7 Å². The number of rotatable bonds is 7. The molecular formula is C33H36F2N6O2. The van der Waals surface area contributed by atoms with Crippen molar-refractivity contribution in [3.63, 3.8) is 0 Å². The van der Waals surface area contributed by atoms with Gasteiger partial charge >= 0.3 is 0 Å². The molecule has 2 saturated heterocycles. The highest BCUT2D eigenvalue weighted by Gasteiger charge is 2.32. The summed E-state index contributed by atoms with van der Waals surface area (Å²) in [5.41, 5.74) is 3.74. The molecule has 0 spiro atoms. The first kappa shape index (κ1) is 28.9. The van der Waals surface area contributed by atoms with Crippen LogP contribution in [0.25, 0.3) is 10.8 Å². The Labute approximate surface area is 250 Å². The number of pyridine rings is 1. The third kappa shape index (κ3) is 5.62. The molecule has 4 heterocycles. The third-order valence-electron chi connectivity index (χ3n) is 9.03. The molecule has 1 unspecified atom stereocenters. The average Bonchev–Trinajstić information content (AvgIpc) is 3.45. The molecule has 1 amide bonds. The molecule has 2 fully saturated rings. The first-order valence-electron chi connectivity index (χ1n) is 14.9. The normalized spacial score (nSPS) is 19.0. The fourth-order valence-corrected chi connectivity index (χ4v) is 6.64. The predicted octanol–water partition coefficient (Wildman–Crippen LogP) is 4.91. The molecule has 224 valence electrons. The van der Waals surface area contributed by atoms with Crippen molar-refractivity contribution in [2.75, 3.05) is 62.7 Å². The Hall–Kier alpha value is -4.23. The number of hydrogen-bond donors (Lipinski definition) is 0. The molecule has 10 heteroatoms. The zero-order valence-corrected chi connectivity index (χ0v) is 24.4. The summed E-state index contributed by atoms with van der Waals surface area (Å²) < 4.78 is 34.1. The van der Waals surface area contributed by atoms with Gasteiger partial charge in [-0.25, -0.2) is 13.8 Å². The smallest absolute Gasteiger partial charge is 0.263 e. The summed E-state index contributed by atoms with van der Waals surface area (Å²) in [5.74, 6) is 0.213. The van der Waals surface area contributed by atoms with Gasteiger partial charge in [-0.15, -0.1) is 0 Å². The summed E-state index contributed by atoms with van der Waals surface area (Å²) in [7, 11) is 2.08. The molecular weight excluding hydrogens is 550 g/mol. The lowest BCUT2D eigenvalue weighted by atomic mass is 9.96. The quantitative estimate of drug-likeness (QED) is 0.364. The van der Waals surface area contributed by atoms with Crippen LogP contribution < -0.4 is 14.5 Å². The van der Waals surface area contributed by atoms with Crippen LogP contribution in [0.4, 0.5) is 20.2 Å². The maximum atomic E-state index is 13.9. The number of halogens is 2. The van der Waals surface area contributed by atoms with Gasteiger partial charge in [-0.2, -0.15) is 5.26 Å². The number of aromatic nitrogens is 1.